The first-order chi connectivity index (χ1) is 11.5. The highest BCUT2D eigenvalue weighted by Crippen LogP contribution is 2.30. The van der Waals surface area contributed by atoms with Crippen molar-refractivity contribution in [3.63, 3.8) is 0 Å². The molecule has 25 heavy (non-hydrogen) atoms. The normalized spacial score (nSPS) is 12.0. The van der Waals surface area contributed by atoms with Gasteiger partial charge >= 0.3 is 0 Å². The van der Waals surface area contributed by atoms with Crippen LogP contribution in [0, 0.1) is 0 Å². The zero-order chi connectivity index (χ0) is 19.3. The molecule has 0 aromatic heterocycles. The van der Waals surface area contributed by atoms with Gasteiger partial charge in [0.1, 0.15) is 4.75 Å². The van der Waals surface area contributed by atoms with Crippen LogP contribution >= 0.6 is 0 Å². The van der Waals surface area contributed by atoms with Gasteiger partial charge in [0.25, 0.3) is 0 Å². The fraction of sp³-hybridized carbons (Fsp3) is 0.500. The number of nitrogens with two attached hydrogens (primary N) is 1. The molecule has 0 atom stereocenters. The second kappa shape index (κ2) is 8.41. The lowest BCUT2D eigenvalue weighted by Gasteiger charge is -2.26. The zero-order valence-electron chi connectivity index (χ0n) is 14.9. The Labute approximate surface area is 148 Å². The molecule has 1 aromatic carbocycles. The molecule has 0 aliphatic rings. The van der Waals surface area contributed by atoms with E-state index in [1.807, 2.05) is 6.92 Å². The molecule has 0 radical (unpaired) electrons. The number of nitrogens with zero attached hydrogens (tertiary/aromatic N) is 1. The monoisotopic (exact) mass is 371 g/mol. The van der Waals surface area contributed by atoms with Gasteiger partial charge in [-0.05, 0) is 38.0 Å². The fourth-order valence-electron chi connectivity index (χ4n) is 2.05. The standard InChI is InChI=1S/C16H25N3O5S/c1-5-10-18-25(22,23)16(3,4)13-6-8-14(9-7-13)19(12(2)20)24-11-15(17)21/h6-9,18H,5,10-11H2,1-4H3,(H2,17,21). The van der Waals surface area contributed by atoms with E-state index in [0.717, 1.165) is 5.06 Å². The van der Waals surface area contributed by atoms with Crippen molar-refractivity contribution in [3.05, 3.63) is 29.8 Å². The van der Waals surface area contributed by atoms with Gasteiger partial charge in [-0.1, -0.05) is 19.1 Å². The number of anilines is 1. The molecule has 0 spiro atoms. The molecule has 0 heterocycles. The van der Waals surface area contributed by atoms with Crippen molar-refractivity contribution in [1.82, 2.24) is 4.72 Å². The fourth-order valence-corrected chi connectivity index (χ4v) is 3.33. The van der Waals surface area contributed by atoms with Gasteiger partial charge in [-0.2, -0.15) is 5.06 Å². The van der Waals surface area contributed by atoms with E-state index < -0.39 is 33.2 Å². The molecule has 9 heteroatoms. The molecule has 0 fully saturated rings. The molecule has 140 valence electrons. The summed E-state index contributed by atoms with van der Waals surface area (Å²) in [6, 6.07) is 6.30. The van der Waals surface area contributed by atoms with Crippen molar-refractivity contribution >= 4 is 27.5 Å². The molecule has 0 unspecified atom stereocenters. The second-order valence-electron chi connectivity index (χ2n) is 6.01. The van der Waals surface area contributed by atoms with Gasteiger partial charge in [0.05, 0.1) is 5.69 Å². The van der Waals surface area contributed by atoms with Gasteiger partial charge in [0.15, 0.2) is 6.61 Å². The van der Waals surface area contributed by atoms with E-state index in [1.54, 1.807) is 38.1 Å². The van der Waals surface area contributed by atoms with E-state index in [9.17, 15) is 18.0 Å². The summed E-state index contributed by atoms with van der Waals surface area (Å²) in [6.45, 7) is 6.29. The first-order valence-corrected chi connectivity index (χ1v) is 9.33. The molecular weight excluding hydrogens is 346 g/mol. The minimum absolute atomic E-state index is 0.364. The number of hydroxylamine groups is 1. The van der Waals surface area contributed by atoms with Crippen LogP contribution in [0.3, 0.4) is 0 Å². The van der Waals surface area contributed by atoms with Crippen molar-refractivity contribution in [2.24, 2.45) is 5.73 Å². The number of sulfonamides is 1. The molecular formula is C16H25N3O5S. The van der Waals surface area contributed by atoms with Crippen LogP contribution in [0.25, 0.3) is 0 Å². The number of hydrogen-bond donors (Lipinski definition) is 2. The lowest BCUT2D eigenvalue weighted by Crippen LogP contribution is -2.40. The maximum Gasteiger partial charge on any atom is 0.247 e. The summed E-state index contributed by atoms with van der Waals surface area (Å²) in [4.78, 5) is 27.6. The maximum absolute atomic E-state index is 12.5. The Morgan fingerprint density at radius 2 is 1.80 bits per heavy atom. The third-order valence-electron chi connectivity index (χ3n) is 3.63. The van der Waals surface area contributed by atoms with Crippen LogP contribution in [0.4, 0.5) is 5.69 Å². The van der Waals surface area contributed by atoms with Crippen molar-refractivity contribution in [2.75, 3.05) is 18.2 Å². The summed E-state index contributed by atoms with van der Waals surface area (Å²) >= 11 is 0. The molecule has 1 aromatic rings. The average Bonchev–Trinajstić information content (AvgIpc) is 2.53. The second-order valence-corrected chi connectivity index (χ2v) is 8.32. The molecule has 0 saturated heterocycles. The summed E-state index contributed by atoms with van der Waals surface area (Å²) in [5.74, 6) is -1.15. The number of amides is 2. The van der Waals surface area contributed by atoms with Gasteiger partial charge in [-0.25, -0.2) is 13.1 Å². The SMILES string of the molecule is CCCNS(=O)(=O)C(C)(C)c1ccc(N(OCC(N)=O)C(C)=O)cc1. The van der Waals surface area contributed by atoms with Crippen LogP contribution in [-0.4, -0.2) is 33.4 Å². The lowest BCUT2D eigenvalue weighted by molar-refractivity contribution is -0.129. The van der Waals surface area contributed by atoms with Crippen LogP contribution in [-0.2, 0) is 29.2 Å². The van der Waals surface area contributed by atoms with E-state index in [2.05, 4.69) is 4.72 Å². The Morgan fingerprint density at radius 1 is 1.24 bits per heavy atom. The predicted molar refractivity (Wildman–Crippen MR) is 95.0 cm³/mol. The quantitative estimate of drug-likeness (QED) is 0.628. The summed E-state index contributed by atoms with van der Waals surface area (Å²) in [5.41, 5.74) is 5.93. The lowest BCUT2D eigenvalue weighted by atomic mass is 10.0. The minimum Gasteiger partial charge on any atom is -0.368 e. The number of rotatable bonds is 9. The average molecular weight is 371 g/mol. The van der Waals surface area contributed by atoms with Gasteiger partial charge in [0.2, 0.25) is 21.8 Å². The summed E-state index contributed by atoms with van der Waals surface area (Å²) in [5, 5.41) is 0.936. The number of benzene rings is 1. The Kier molecular flexibility index (Phi) is 7.09. The Bertz CT molecular complexity index is 714. The van der Waals surface area contributed by atoms with Gasteiger partial charge in [-0.15, -0.1) is 0 Å². The predicted octanol–water partition coefficient (Wildman–Crippen LogP) is 1.02. The topological polar surface area (TPSA) is 119 Å². The molecule has 0 saturated carbocycles. The third kappa shape index (κ3) is 5.25. The minimum atomic E-state index is -3.57. The Hall–Kier alpha value is -1.97. The van der Waals surface area contributed by atoms with Gasteiger partial charge in [-0.3, -0.25) is 14.4 Å². The van der Waals surface area contributed by atoms with Gasteiger partial charge < -0.3 is 5.73 Å². The smallest absolute Gasteiger partial charge is 0.247 e. The summed E-state index contributed by atoms with van der Waals surface area (Å²) in [6.07, 6.45) is 0.693. The first kappa shape index (κ1) is 21.1. The number of carbonyl (C=O) groups excluding carboxylic acids is 2. The van der Waals surface area contributed by atoms with Crippen LogP contribution in [0.5, 0.6) is 0 Å². The third-order valence-corrected chi connectivity index (χ3v) is 5.80. The summed E-state index contributed by atoms with van der Waals surface area (Å²) in [7, 11) is -3.57. The molecule has 0 aliphatic heterocycles. The zero-order valence-corrected chi connectivity index (χ0v) is 15.7. The van der Waals surface area contributed by atoms with E-state index >= 15 is 0 Å². The molecule has 0 aliphatic carbocycles. The Balaban J connectivity index is 3.07. The number of nitrogens with one attached hydrogen (secondary N) is 1. The van der Waals surface area contributed by atoms with Crippen molar-refractivity contribution in [1.29, 1.82) is 0 Å². The highest BCUT2D eigenvalue weighted by molar-refractivity contribution is 7.90. The molecule has 8 nitrogen and oxygen atoms in total. The Morgan fingerprint density at radius 3 is 2.24 bits per heavy atom. The summed E-state index contributed by atoms with van der Waals surface area (Å²) < 4.78 is 26.3. The van der Waals surface area contributed by atoms with E-state index in [1.165, 1.54) is 6.92 Å². The number of carbonyl (C=O) groups is 2. The van der Waals surface area contributed by atoms with Crippen molar-refractivity contribution < 1.29 is 22.8 Å². The number of hydrogen-bond acceptors (Lipinski definition) is 5. The van der Waals surface area contributed by atoms with E-state index in [-0.39, 0.29) is 0 Å². The molecule has 2 amide bonds. The van der Waals surface area contributed by atoms with Crippen LogP contribution in [0.2, 0.25) is 0 Å². The maximum atomic E-state index is 12.5. The van der Waals surface area contributed by atoms with Crippen molar-refractivity contribution in [2.45, 2.75) is 38.9 Å². The largest absolute Gasteiger partial charge is 0.368 e. The highest BCUT2D eigenvalue weighted by atomic mass is 32.2. The highest BCUT2D eigenvalue weighted by Gasteiger charge is 2.35. The van der Waals surface area contributed by atoms with Crippen LogP contribution in [0.1, 0.15) is 39.7 Å². The first-order valence-electron chi connectivity index (χ1n) is 7.84. The van der Waals surface area contributed by atoms with E-state index in [0.29, 0.717) is 24.2 Å². The van der Waals surface area contributed by atoms with Crippen LogP contribution in [0.15, 0.2) is 24.3 Å². The molecule has 1 rings (SSSR count). The van der Waals surface area contributed by atoms with Gasteiger partial charge in [0, 0.05) is 13.5 Å². The molecule has 0 bridgehead atoms. The van der Waals surface area contributed by atoms with Crippen LogP contribution < -0.4 is 15.5 Å². The van der Waals surface area contributed by atoms with Crippen molar-refractivity contribution in [3.8, 4) is 0 Å². The molecule has 3 N–H and O–H groups in total. The number of primary amides is 1. The van der Waals surface area contributed by atoms with E-state index in [4.69, 9.17) is 10.6 Å².